The van der Waals surface area contributed by atoms with Gasteiger partial charge in [0.25, 0.3) is 0 Å². The Labute approximate surface area is 116 Å². The third-order valence-corrected chi connectivity index (χ3v) is 2.45. The van der Waals surface area contributed by atoms with Crippen LogP contribution in [-0.2, 0) is 14.4 Å². The van der Waals surface area contributed by atoms with Gasteiger partial charge in [0.15, 0.2) is 11.5 Å². The maximum atomic E-state index is 11.2. The first kappa shape index (κ1) is 15.7. The molecular weight excluding hydrogens is 264 g/mol. The summed E-state index contributed by atoms with van der Waals surface area (Å²) in [5.41, 5.74) is 1.35. The average molecular weight is 280 g/mol. The van der Waals surface area contributed by atoms with Crippen molar-refractivity contribution < 1.29 is 28.6 Å². The Morgan fingerprint density at radius 1 is 0.800 bits per heavy atom. The normalized spacial score (nSPS) is 9.85. The minimum Gasteiger partial charge on any atom is -0.423 e. The molecule has 0 spiro atoms. The molecule has 108 valence electrons. The summed E-state index contributed by atoms with van der Waals surface area (Å²) in [6.07, 6.45) is 0. The molecule has 0 saturated carbocycles. The first-order valence-corrected chi connectivity index (χ1v) is 5.91. The van der Waals surface area contributed by atoms with Gasteiger partial charge in [-0.3, -0.25) is 14.4 Å². The van der Waals surface area contributed by atoms with Gasteiger partial charge in [0.1, 0.15) is 0 Å². The van der Waals surface area contributed by atoms with E-state index in [-0.39, 0.29) is 17.2 Å². The molecule has 0 aliphatic carbocycles. The van der Waals surface area contributed by atoms with Crippen molar-refractivity contribution in [2.45, 2.75) is 34.6 Å². The second-order valence-electron chi connectivity index (χ2n) is 4.26. The monoisotopic (exact) mass is 280 g/mol. The van der Waals surface area contributed by atoms with Gasteiger partial charge in [0.2, 0.25) is 5.75 Å². The Kier molecular flexibility index (Phi) is 4.85. The molecule has 0 atom stereocenters. The number of ether oxygens (including phenoxy) is 3. The van der Waals surface area contributed by atoms with Crippen LogP contribution in [0.15, 0.2) is 6.07 Å². The predicted molar refractivity (Wildman–Crippen MR) is 69.8 cm³/mol. The first-order valence-electron chi connectivity index (χ1n) is 5.91. The van der Waals surface area contributed by atoms with E-state index in [4.69, 9.17) is 14.2 Å². The van der Waals surface area contributed by atoms with E-state index in [1.54, 1.807) is 19.9 Å². The summed E-state index contributed by atoms with van der Waals surface area (Å²) in [4.78, 5) is 33.5. The molecule has 20 heavy (non-hydrogen) atoms. The molecule has 1 rings (SSSR count). The first-order chi connectivity index (χ1) is 9.22. The van der Waals surface area contributed by atoms with Crippen LogP contribution in [-0.4, -0.2) is 17.9 Å². The van der Waals surface area contributed by atoms with Crippen LogP contribution in [0.1, 0.15) is 31.9 Å². The van der Waals surface area contributed by atoms with Gasteiger partial charge < -0.3 is 14.2 Å². The quantitative estimate of drug-likeness (QED) is 0.623. The van der Waals surface area contributed by atoms with Gasteiger partial charge >= 0.3 is 17.9 Å². The zero-order chi connectivity index (χ0) is 15.4. The molecule has 0 radical (unpaired) electrons. The Hall–Kier alpha value is -2.37. The van der Waals surface area contributed by atoms with E-state index in [2.05, 4.69) is 0 Å². The molecular formula is C14H16O6. The number of carbonyl (C=O) groups is 3. The van der Waals surface area contributed by atoms with E-state index >= 15 is 0 Å². The fraction of sp³-hybridized carbons (Fsp3) is 0.357. The van der Waals surface area contributed by atoms with E-state index in [0.717, 1.165) is 5.56 Å². The van der Waals surface area contributed by atoms with Gasteiger partial charge in [-0.05, 0) is 31.0 Å². The van der Waals surface area contributed by atoms with Crippen molar-refractivity contribution in [2.75, 3.05) is 0 Å². The SMILES string of the molecule is CC(=O)Oc1cc(C)c(C)c(OC(C)=O)c1OC(C)=O. The fourth-order valence-corrected chi connectivity index (χ4v) is 1.57. The van der Waals surface area contributed by atoms with Crippen molar-refractivity contribution in [3.05, 3.63) is 17.2 Å². The van der Waals surface area contributed by atoms with Crippen molar-refractivity contribution in [1.29, 1.82) is 0 Å². The van der Waals surface area contributed by atoms with E-state index in [1.807, 2.05) is 0 Å². The van der Waals surface area contributed by atoms with Crippen molar-refractivity contribution >= 4 is 17.9 Å². The lowest BCUT2D eigenvalue weighted by Gasteiger charge is -2.16. The van der Waals surface area contributed by atoms with Crippen LogP contribution in [0.5, 0.6) is 17.2 Å². The smallest absolute Gasteiger partial charge is 0.308 e. The molecule has 0 aliphatic heterocycles. The van der Waals surface area contributed by atoms with Crippen LogP contribution >= 0.6 is 0 Å². The summed E-state index contributed by atoms with van der Waals surface area (Å²) in [7, 11) is 0. The summed E-state index contributed by atoms with van der Waals surface area (Å²) in [5, 5.41) is 0. The number of aryl methyl sites for hydroxylation is 1. The number of rotatable bonds is 3. The number of esters is 3. The molecule has 6 nitrogen and oxygen atoms in total. The highest BCUT2D eigenvalue weighted by Gasteiger charge is 2.22. The highest BCUT2D eigenvalue weighted by molar-refractivity contribution is 5.78. The van der Waals surface area contributed by atoms with Crippen molar-refractivity contribution in [3.63, 3.8) is 0 Å². The molecule has 1 aromatic carbocycles. The molecule has 0 amide bonds. The molecule has 6 heteroatoms. The lowest BCUT2D eigenvalue weighted by molar-refractivity contribution is -0.135. The Bertz CT molecular complexity index is 574. The van der Waals surface area contributed by atoms with Gasteiger partial charge in [-0.1, -0.05) is 0 Å². The highest BCUT2D eigenvalue weighted by Crippen LogP contribution is 2.42. The van der Waals surface area contributed by atoms with E-state index in [1.165, 1.54) is 20.8 Å². The molecule has 0 unspecified atom stereocenters. The third kappa shape index (κ3) is 3.81. The molecule has 0 aliphatic rings. The lowest BCUT2D eigenvalue weighted by atomic mass is 10.1. The number of hydrogen-bond acceptors (Lipinski definition) is 6. The molecule has 0 aromatic heterocycles. The molecule has 1 aromatic rings. The molecule has 0 bridgehead atoms. The zero-order valence-corrected chi connectivity index (χ0v) is 12.0. The van der Waals surface area contributed by atoms with Crippen LogP contribution in [0, 0.1) is 13.8 Å². The summed E-state index contributed by atoms with van der Waals surface area (Å²) < 4.78 is 15.1. The van der Waals surface area contributed by atoms with Gasteiger partial charge in [-0.15, -0.1) is 0 Å². The summed E-state index contributed by atoms with van der Waals surface area (Å²) >= 11 is 0. The topological polar surface area (TPSA) is 78.9 Å². The van der Waals surface area contributed by atoms with Crippen molar-refractivity contribution in [2.24, 2.45) is 0 Å². The Morgan fingerprint density at radius 2 is 1.25 bits per heavy atom. The van der Waals surface area contributed by atoms with Crippen molar-refractivity contribution in [1.82, 2.24) is 0 Å². The standard InChI is InChI=1S/C14H16O6/c1-7-6-12(18-9(3)15)14(20-11(5)17)13(8(7)2)19-10(4)16/h6H,1-5H3. The highest BCUT2D eigenvalue weighted by atomic mass is 16.6. The Morgan fingerprint density at radius 3 is 1.70 bits per heavy atom. The predicted octanol–water partition coefficient (Wildman–Crippen LogP) is 2.08. The summed E-state index contributed by atoms with van der Waals surface area (Å²) in [5.74, 6) is -1.73. The van der Waals surface area contributed by atoms with Gasteiger partial charge in [0, 0.05) is 20.8 Å². The number of benzene rings is 1. The van der Waals surface area contributed by atoms with E-state index < -0.39 is 17.9 Å². The molecule has 0 saturated heterocycles. The summed E-state index contributed by atoms with van der Waals surface area (Å²) in [6, 6.07) is 1.54. The molecule has 0 heterocycles. The van der Waals surface area contributed by atoms with E-state index in [9.17, 15) is 14.4 Å². The van der Waals surface area contributed by atoms with Crippen LogP contribution in [0.4, 0.5) is 0 Å². The van der Waals surface area contributed by atoms with Crippen molar-refractivity contribution in [3.8, 4) is 17.2 Å². The zero-order valence-electron chi connectivity index (χ0n) is 12.0. The maximum absolute atomic E-state index is 11.2. The molecule has 0 N–H and O–H groups in total. The Balaban J connectivity index is 3.49. The van der Waals surface area contributed by atoms with Gasteiger partial charge in [-0.25, -0.2) is 0 Å². The fourth-order valence-electron chi connectivity index (χ4n) is 1.57. The second-order valence-corrected chi connectivity index (χ2v) is 4.26. The van der Waals surface area contributed by atoms with Gasteiger partial charge in [-0.2, -0.15) is 0 Å². The summed E-state index contributed by atoms with van der Waals surface area (Å²) in [6.45, 7) is 7.11. The minimum atomic E-state index is -0.616. The largest absolute Gasteiger partial charge is 0.423 e. The van der Waals surface area contributed by atoms with Gasteiger partial charge in [0.05, 0.1) is 0 Å². The second kappa shape index (κ2) is 6.18. The van der Waals surface area contributed by atoms with Crippen LogP contribution < -0.4 is 14.2 Å². The average Bonchev–Trinajstić information content (AvgIpc) is 2.28. The maximum Gasteiger partial charge on any atom is 0.308 e. The molecule has 0 fully saturated rings. The third-order valence-electron chi connectivity index (χ3n) is 2.45. The van der Waals surface area contributed by atoms with E-state index in [0.29, 0.717) is 5.56 Å². The number of carbonyl (C=O) groups excluding carboxylic acids is 3. The van der Waals surface area contributed by atoms with Crippen LogP contribution in [0.2, 0.25) is 0 Å². The van der Waals surface area contributed by atoms with Crippen LogP contribution in [0.3, 0.4) is 0 Å². The minimum absolute atomic E-state index is 0.0343. The number of hydrogen-bond donors (Lipinski definition) is 0. The lowest BCUT2D eigenvalue weighted by Crippen LogP contribution is -2.12. The van der Waals surface area contributed by atoms with Crippen LogP contribution in [0.25, 0.3) is 0 Å².